The summed E-state index contributed by atoms with van der Waals surface area (Å²) in [4.78, 5) is 13.3. The lowest BCUT2D eigenvalue weighted by Crippen LogP contribution is -2.21. The van der Waals surface area contributed by atoms with E-state index in [1.807, 2.05) is 43.3 Å². The third-order valence-electron chi connectivity index (χ3n) is 3.44. The molecule has 0 radical (unpaired) electrons. The average molecular weight is 356 g/mol. The van der Waals surface area contributed by atoms with E-state index in [9.17, 15) is 5.11 Å². The Kier molecular flexibility index (Phi) is 5.42. The topological polar surface area (TPSA) is 83.0 Å². The molecule has 0 fully saturated rings. The molecule has 2 heterocycles. The SMILES string of the molecule is C[C@H](CO)Nc1nc(Nc2ccccc2Cl)cc(-c2ccccn2)n1. The highest BCUT2D eigenvalue weighted by atomic mass is 35.5. The van der Waals surface area contributed by atoms with E-state index in [1.165, 1.54) is 0 Å². The summed E-state index contributed by atoms with van der Waals surface area (Å²) in [6, 6.07) is 14.7. The molecule has 0 aliphatic carbocycles. The fourth-order valence-electron chi connectivity index (χ4n) is 2.19. The van der Waals surface area contributed by atoms with Crippen LogP contribution in [0.5, 0.6) is 0 Å². The first-order valence-electron chi connectivity index (χ1n) is 7.85. The Morgan fingerprint density at radius 3 is 2.60 bits per heavy atom. The number of aliphatic hydroxyl groups excluding tert-OH is 1. The monoisotopic (exact) mass is 355 g/mol. The van der Waals surface area contributed by atoms with E-state index >= 15 is 0 Å². The van der Waals surface area contributed by atoms with Crippen molar-refractivity contribution in [2.24, 2.45) is 0 Å². The van der Waals surface area contributed by atoms with Crippen LogP contribution < -0.4 is 10.6 Å². The Morgan fingerprint density at radius 2 is 1.88 bits per heavy atom. The van der Waals surface area contributed by atoms with Crippen molar-refractivity contribution in [2.45, 2.75) is 13.0 Å². The van der Waals surface area contributed by atoms with Crippen molar-refractivity contribution in [2.75, 3.05) is 17.2 Å². The first-order valence-corrected chi connectivity index (χ1v) is 8.23. The zero-order valence-corrected chi connectivity index (χ0v) is 14.4. The molecule has 3 rings (SSSR count). The summed E-state index contributed by atoms with van der Waals surface area (Å²) in [5.74, 6) is 0.982. The van der Waals surface area contributed by atoms with Crippen molar-refractivity contribution in [3.63, 3.8) is 0 Å². The Hall–Kier alpha value is -2.70. The van der Waals surface area contributed by atoms with Gasteiger partial charge in [-0.2, -0.15) is 4.98 Å². The van der Waals surface area contributed by atoms with Gasteiger partial charge in [0.05, 0.1) is 28.7 Å². The predicted octanol–water partition coefficient (Wildman–Crippen LogP) is 3.73. The molecule has 0 amide bonds. The number of benzene rings is 1. The summed E-state index contributed by atoms with van der Waals surface area (Å²) in [5, 5.41) is 16.1. The van der Waals surface area contributed by atoms with Crippen LogP contribution in [0.15, 0.2) is 54.7 Å². The maximum atomic E-state index is 9.26. The molecule has 1 atom stereocenters. The van der Waals surface area contributed by atoms with Crippen LogP contribution in [0.3, 0.4) is 0 Å². The van der Waals surface area contributed by atoms with E-state index < -0.39 is 0 Å². The number of nitrogens with zero attached hydrogens (tertiary/aromatic N) is 3. The fraction of sp³-hybridized carbons (Fsp3) is 0.167. The largest absolute Gasteiger partial charge is 0.394 e. The molecule has 0 saturated heterocycles. The van der Waals surface area contributed by atoms with Gasteiger partial charge in [0.2, 0.25) is 5.95 Å². The quantitative estimate of drug-likeness (QED) is 0.625. The molecule has 0 saturated carbocycles. The Morgan fingerprint density at radius 1 is 1.08 bits per heavy atom. The lowest BCUT2D eigenvalue weighted by molar-refractivity contribution is 0.281. The normalized spacial score (nSPS) is 11.8. The number of hydrogen-bond acceptors (Lipinski definition) is 6. The minimum atomic E-state index is -0.174. The molecular formula is C18H18ClN5O. The first kappa shape index (κ1) is 17.1. The summed E-state index contributed by atoms with van der Waals surface area (Å²) in [6.07, 6.45) is 1.71. The molecule has 0 aliphatic heterocycles. The van der Waals surface area contributed by atoms with Gasteiger partial charge in [-0.05, 0) is 31.2 Å². The van der Waals surface area contributed by atoms with Gasteiger partial charge in [-0.25, -0.2) is 4.98 Å². The number of halogens is 1. The number of para-hydroxylation sites is 1. The van der Waals surface area contributed by atoms with Gasteiger partial charge in [0.25, 0.3) is 0 Å². The Balaban J connectivity index is 1.99. The molecule has 0 aliphatic rings. The van der Waals surface area contributed by atoms with Gasteiger partial charge in [-0.3, -0.25) is 4.98 Å². The fourth-order valence-corrected chi connectivity index (χ4v) is 2.37. The van der Waals surface area contributed by atoms with Gasteiger partial charge < -0.3 is 15.7 Å². The Bertz CT molecular complexity index is 844. The smallest absolute Gasteiger partial charge is 0.225 e. The van der Waals surface area contributed by atoms with Crippen molar-refractivity contribution < 1.29 is 5.11 Å². The number of aromatic nitrogens is 3. The van der Waals surface area contributed by atoms with Gasteiger partial charge in [0.15, 0.2) is 0 Å². The summed E-state index contributed by atoms with van der Waals surface area (Å²) in [6.45, 7) is 1.82. The van der Waals surface area contributed by atoms with Crippen molar-refractivity contribution in [3.05, 3.63) is 59.8 Å². The summed E-state index contributed by atoms with van der Waals surface area (Å²) < 4.78 is 0. The molecule has 6 nitrogen and oxygen atoms in total. The van der Waals surface area contributed by atoms with E-state index in [2.05, 4.69) is 25.6 Å². The van der Waals surface area contributed by atoms with Crippen molar-refractivity contribution in [3.8, 4) is 11.4 Å². The molecule has 1 aromatic carbocycles. The third kappa shape index (κ3) is 4.43. The number of hydrogen-bond donors (Lipinski definition) is 3. The van der Waals surface area contributed by atoms with Gasteiger partial charge >= 0.3 is 0 Å². The van der Waals surface area contributed by atoms with Crippen LogP contribution >= 0.6 is 11.6 Å². The third-order valence-corrected chi connectivity index (χ3v) is 3.77. The average Bonchev–Trinajstić information content (AvgIpc) is 2.64. The molecule has 25 heavy (non-hydrogen) atoms. The van der Waals surface area contributed by atoms with Crippen LogP contribution in [0.25, 0.3) is 11.4 Å². The second-order valence-electron chi connectivity index (χ2n) is 5.51. The van der Waals surface area contributed by atoms with E-state index in [1.54, 1.807) is 18.3 Å². The zero-order valence-electron chi connectivity index (χ0n) is 13.6. The highest BCUT2D eigenvalue weighted by molar-refractivity contribution is 6.33. The predicted molar refractivity (Wildman–Crippen MR) is 100 cm³/mol. The highest BCUT2D eigenvalue weighted by Gasteiger charge is 2.10. The molecule has 0 unspecified atom stereocenters. The highest BCUT2D eigenvalue weighted by Crippen LogP contribution is 2.26. The minimum Gasteiger partial charge on any atom is -0.394 e. The van der Waals surface area contributed by atoms with Crippen molar-refractivity contribution in [1.29, 1.82) is 0 Å². The molecular weight excluding hydrogens is 338 g/mol. The number of nitrogens with one attached hydrogen (secondary N) is 2. The van der Waals surface area contributed by atoms with Crippen LogP contribution in [0.4, 0.5) is 17.5 Å². The van der Waals surface area contributed by atoms with Gasteiger partial charge in [-0.1, -0.05) is 29.8 Å². The lowest BCUT2D eigenvalue weighted by atomic mass is 10.2. The summed E-state index contributed by atoms with van der Waals surface area (Å²) >= 11 is 6.21. The second kappa shape index (κ2) is 7.92. The number of pyridine rings is 1. The van der Waals surface area contributed by atoms with Crippen molar-refractivity contribution in [1.82, 2.24) is 15.0 Å². The van der Waals surface area contributed by atoms with Crippen LogP contribution in [0, 0.1) is 0 Å². The maximum absolute atomic E-state index is 9.26. The van der Waals surface area contributed by atoms with Crippen LogP contribution in [-0.4, -0.2) is 32.7 Å². The molecule has 3 aromatic rings. The van der Waals surface area contributed by atoms with Crippen LogP contribution in [-0.2, 0) is 0 Å². The molecule has 3 N–H and O–H groups in total. The molecule has 0 bridgehead atoms. The van der Waals surface area contributed by atoms with E-state index in [0.717, 1.165) is 11.4 Å². The van der Waals surface area contributed by atoms with E-state index in [4.69, 9.17) is 11.6 Å². The molecule has 128 valence electrons. The first-order chi connectivity index (χ1) is 12.2. The van der Waals surface area contributed by atoms with Gasteiger partial charge in [0.1, 0.15) is 5.82 Å². The number of rotatable bonds is 6. The van der Waals surface area contributed by atoms with Crippen LogP contribution in [0.1, 0.15) is 6.92 Å². The van der Waals surface area contributed by atoms with Crippen LogP contribution in [0.2, 0.25) is 5.02 Å². The van der Waals surface area contributed by atoms with Gasteiger partial charge in [0, 0.05) is 18.3 Å². The maximum Gasteiger partial charge on any atom is 0.225 e. The minimum absolute atomic E-state index is 0.0234. The lowest BCUT2D eigenvalue weighted by Gasteiger charge is -2.14. The van der Waals surface area contributed by atoms with Crippen molar-refractivity contribution >= 4 is 29.1 Å². The second-order valence-corrected chi connectivity index (χ2v) is 5.92. The van der Waals surface area contributed by atoms with E-state index in [-0.39, 0.29) is 12.6 Å². The molecule has 0 spiro atoms. The zero-order chi connectivity index (χ0) is 17.6. The Labute approximate surface area is 150 Å². The molecule has 7 heteroatoms. The molecule has 2 aromatic heterocycles. The summed E-state index contributed by atoms with van der Waals surface area (Å²) in [7, 11) is 0. The summed E-state index contributed by atoms with van der Waals surface area (Å²) in [5.41, 5.74) is 2.14. The number of aliphatic hydroxyl groups is 1. The van der Waals surface area contributed by atoms with E-state index in [0.29, 0.717) is 22.5 Å². The van der Waals surface area contributed by atoms with Gasteiger partial charge in [-0.15, -0.1) is 0 Å². The number of anilines is 3. The standard InChI is InChI=1S/C18H18ClN5O/c1-12(11-25)21-18-23-16(15-8-4-5-9-20-15)10-17(24-18)22-14-7-3-2-6-13(14)19/h2-10,12,25H,11H2,1H3,(H2,21,22,23,24)/t12-/m1/s1.